The Morgan fingerprint density at radius 1 is 1.31 bits per heavy atom. The number of nitrogens with two attached hydrogens (primary N) is 1. The summed E-state index contributed by atoms with van der Waals surface area (Å²) in [5, 5.41) is 3.30. The molecule has 0 aliphatic rings. The largest absolute Gasteiger partial charge is 0.385 e. The molecule has 0 saturated heterocycles. The van der Waals surface area contributed by atoms with Crippen LogP contribution in [0.5, 0.6) is 0 Å². The molecule has 72 valence electrons. The molecule has 0 heterocycles. The van der Waals surface area contributed by atoms with Gasteiger partial charge in [0.25, 0.3) is 0 Å². The molecule has 0 unspecified atom stereocenters. The molecule has 3 N–H and O–H groups in total. The van der Waals surface area contributed by atoms with Crippen LogP contribution in [0.1, 0.15) is 26.3 Å². The Labute approximate surface area is 80.1 Å². The molecular weight excluding hydrogens is 160 g/mol. The summed E-state index contributed by atoms with van der Waals surface area (Å²) in [5.41, 5.74) is 8.07. The fourth-order valence-electron chi connectivity index (χ4n) is 1.39. The van der Waals surface area contributed by atoms with Crippen molar-refractivity contribution in [3.05, 3.63) is 29.8 Å². The van der Waals surface area contributed by atoms with E-state index in [1.54, 1.807) is 0 Å². The fraction of sp³-hybridized carbons (Fsp3) is 0.455. The highest BCUT2D eigenvalue weighted by Crippen LogP contribution is 2.24. The van der Waals surface area contributed by atoms with Gasteiger partial charge in [-0.25, -0.2) is 0 Å². The van der Waals surface area contributed by atoms with Crippen molar-refractivity contribution < 1.29 is 0 Å². The van der Waals surface area contributed by atoms with Crippen LogP contribution in [0.3, 0.4) is 0 Å². The lowest BCUT2D eigenvalue weighted by atomic mass is 9.94. The van der Waals surface area contributed by atoms with Crippen LogP contribution < -0.4 is 11.1 Å². The molecule has 2 heteroatoms. The third-order valence-corrected chi connectivity index (χ3v) is 1.99. The van der Waals surface area contributed by atoms with Crippen LogP contribution in [0, 0.1) is 0 Å². The van der Waals surface area contributed by atoms with Crippen molar-refractivity contribution >= 4 is 5.69 Å². The second-order valence-electron chi connectivity index (χ2n) is 3.80. The Morgan fingerprint density at radius 2 is 1.92 bits per heavy atom. The summed E-state index contributed by atoms with van der Waals surface area (Å²) in [7, 11) is 0. The highest BCUT2D eigenvalue weighted by Gasteiger charge is 2.16. The highest BCUT2D eigenvalue weighted by molar-refractivity contribution is 5.53. The smallest absolute Gasteiger partial charge is 0.0391 e. The molecule has 0 saturated carbocycles. The first-order valence-corrected chi connectivity index (χ1v) is 4.68. The lowest BCUT2D eigenvalue weighted by Crippen LogP contribution is -2.29. The maximum absolute atomic E-state index is 6.05. The van der Waals surface area contributed by atoms with Crippen LogP contribution >= 0.6 is 0 Å². The number of benzene rings is 1. The summed E-state index contributed by atoms with van der Waals surface area (Å²) in [5.74, 6) is 0. The zero-order valence-electron chi connectivity index (χ0n) is 8.59. The van der Waals surface area contributed by atoms with Gasteiger partial charge in [-0.1, -0.05) is 18.2 Å². The van der Waals surface area contributed by atoms with E-state index in [2.05, 4.69) is 24.4 Å². The number of nitrogens with one attached hydrogen (secondary N) is 1. The van der Waals surface area contributed by atoms with E-state index >= 15 is 0 Å². The number of hydrogen-bond acceptors (Lipinski definition) is 2. The molecule has 0 fully saturated rings. The Bertz CT molecular complexity index is 274. The zero-order valence-corrected chi connectivity index (χ0v) is 8.59. The van der Waals surface area contributed by atoms with Gasteiger partial charge in [0.1, 0.15) is 0 Å². The summed E-state index contributed by atoms with van der Waals surface area (Å²) >= 11 is 0. The average molecular weight is 178 g/mol. The van der Waals surface area contributed by atoms with E-state index in [4.69, 9.17) is 5.73 Å². The van der Waals surface area contributed by atoms with E-state index in [1.165, 1.54) is 0 Å². The highest BCUT2D eigenvalue weighted by atomic mass is 14.9. The number of anilines is 1. The number of para-hydroxylation sites is 1. The van der Waals surface area contributed by atoms with Crippen LogP contribution in [0.15, 0.2) is 24.3 Å². The normalized spacial score (nSPS) is 11.4. The molecule has 1 aromatic carbocycles. The quantitative estimate of drug-likeness (QED) is 0.745. The third-order valence-electron chi connectivity index (χ3n) is 1.99. The van der Waals surface area contributed by atoms with Gasteiger partial charge in [0.15, 0.2) is 0 Å². The van der Waals surface area contributed by atoms with Crippen LogP contribution in [0.4, 0.5) is 5.69 Å². The van der Waals surface area contributed by atoms with Gasteiger partial charge in [0.2, 0.25) is 0 Å². The molecule has 1 aromatic rings. The molecule has 0 aliphatic heterocycles. The summed E-state index contributed by atoms with van der Waals surface area (Å²) in [6.45, 7) is 7.04. The van der Waals surface area contributed by atoms with Gasteiger partial charge in [-0.3, -0.25) is 0 Å². The molecule has 0 bridgehead atoms. The lowest BCUT2D eigenvalue weighted by Gasteiger charge is -2.23. The molecule has 0 aromatic heterocycles. The fourth-order valence-corrected chi connectivity index (χ4v) is 1.39. The van der Waals surface area contributed by atoms with Crippen molar-refractivity contribution in [2.45, 2.75) is 26.3 Å². The Balaban J connectivity index is 3.05. The second kappa shape index (κ2) is 3.79. The summed E-state index contributed by atoms with van der Waals surface area (Å²) < 4.78 is 0. The van der Waals surface area contributed by atoms with Gasteiger partial charge in [0, 0.05) is 17.8 Å². The van der Waals surface area contributed by atoms with Gasteiger partial charge >= 0.3 is 0 Å². The molecule has 0 amide bonds. The van der Waals surface area contributed by atoms with Crippen LogP contribution in [0.2, 0.25) is 0 Å². The van der Waals surface area contributed by atoms with Crippen molar-refractivity contribution in [3.63, 3.8) is 0 Å². The molecule has 0 aliphatic carbocycles. The lowest BCUT2D eigenvalue weighted by molar-refractivity contribution is 0.556. The first-order valence-electron chi connectivity index (χ1n) is 4.68. The van der Waals surface area contributed by atoms with Gasteiger partial charge in [-0.05, 0) is 32.4 Å². The molecule has 0 radical (unpaired) electrons. The Kier molecular flexibility index (Phi) is 2.94. The SMILES string of the molecule is CCNc1ccccc1C(C)(C)N. The van der Waals surface area contributed by atoms with Gasteiger partial charge in [-0.2, -0.15) is 0 Å². The van der Waals surface area contributed by atoms with Crippen molar-refractivity contribution in [2.75, 3.05) is 11.9 Å². The first kappa shape index (κ1) is 10.1. The van der Waals surface area contributed by atoms with Gasteiger partial charge in [-0.15, -0.1) is 0 Å². The van der Waals surface area contributed by atoms with E-state index in [1.807, 2.05) is 26.0 Å². The molecule has 13 heavy (non-hydrogen) atoms. The Morgan fingerprint density at radius 3 is 2.46 bits per heavy atom. The Hall–Kier alpha value is -1.02. The van der Waals surface area contributed by atoms with E-state index in [0.717, 1.165) is 17.8 Å². The molecule has 0 spiro atoms. The van der Waals surface area contributed by atoms with Gasteiger partial charge in [0.05, 0.1) is 0 Å². The van der Waals surface area contributed by atoms with Crippen LogP contribution in [-0.2, 0) is 5.54 Å². The molecule has 2 nitrogen and oxygen atoms in total. The number of hydrogen-bond donors (Lipinski definition) is 2. The van der Waals surface area contributed by atoms with Gasteiger partial charge < -0.3 is 11.1 Å². The van der Waals surface area contributed by atoms with Crippen LogP contribution in [0.25, 0.3) is 0 Å². The van der Waals surface area contributed by atoms with Crippen molar-refractivity contribution in [3.8, 4) is 0 Å². The molecule has 1 rings (SSSR count). The second-order valence-corrected chi connectivity index (χ2v) is 3.80. The van der Waals surface area contributed by atoms with Crippen molar-refractivity contribution in [1.82, 2.24) is 0 Å². The topological polar surface area (TPSA) is 38.0 Å². The predicted molar refractivity (Wildman–Crippen MR) is 57.8 cm³/mol. The minimum Gasteiger partial charge on any atom is -0.385 e. The maximum Gasteiger partial charge on any atom is 0.0391 e. The average Bonchev–Trinajstić information content (AvgIpc) is 2.04. The van der Waals surface area contributed by atoms with E-state index in [-0.39, 0.29) is 5.54 Å². The van der Waals surface area contributed by atoms with E-state index in [0.29, 0.717) is 0 Å². The standard InChI is InChI=1S/C11H18N2/c1-4-13-10-8-6-5-7-9(10)11(2,3)12/h5-8,13H,4,12H2,1-3H3. The molecular formula is C11H18N2. The summed E-state index contributed by atoms with van der Waals surface area (Å²) in [6, 6.07) is 8.17. The van der Waals surface area contributed by atoms with Crippen molar-refractivity contribution in [2.24, 2.45) is 5.73 Å². The van der Waals surface area contributed by atoms with Crippen LogP contribution in [-0.4, -0.2) is 6.54 Å². The zero-order chi connectivity index (χ0) is 9.90. The molecule has 0 atom stereocenters. The minimum atomic E-state index is -0.279. The number of rotatable bonds is 3. The van der Waals surface area contributed by atoms with Crippen molar-refractivity contribution in [1.29, 1.82) is 0 Å². The summed E-state index contributed by atoms with van der Waals surface area (Å²) in [6.07, 6.45) is 0. The summed E-state index contributed by atoms with van der Waals surface area (Å²) in [4.78, 5) is 0. The third kappa shape index (κ3) is 2.46. The first-order chi connectivity index (χ1) is 6.05. The minimum absolute atomic E-state index is 0.279. The van der Waals surface area contributed by atoms with E-state index in [9.17, 15) is 0 Å². The maximum atomic E-state index is 6.05. The predicted octanol–water partition coefficient (Wildman–Crippen LogP) is 2.31. The van der Waals surface area contributed by atoms with E-state index < -0.39 is 0 Å². The monoisotopic (exact) mass is 178 g/mol.